The van der Waals surface area contributed by atoms with E-state index < -0.39 is 0 Å². The van der Waals surface area contributed by atoms with E-state index in [9.17, 15) is 0 Å². The highest BCUT2D eigenvalue weighted by Gasteiger charge is 2.09. The predicted octanol–water partition coefficient (Wildman–Crippen LogP) is 2.88. The van der Waals surface area contributed by atoms with Crippen LogP contribution in [0, 0.1) is 6.92 Å². The van der Waals surface area contributed by atoms with Crippen molar-refractivity contribution in [2.45, 2.75) is 6.92 Å². The van der Waals surface area contributed by atoms with Gasteiger partial charge in [0.05, 0.1) is 5.56 Å². The molecule has 3 N–H and O–H groups in total. The molecule has 2 rings (SSSR count). The first-order valence-corrected chi connectivity index (χ1v) is 5.52. The lowest BCUT2D eigenvalue weighted by Gasteiger charge is -2.11. The molecule has 2 aromatic rings. The smallest absolute Gasteiger partial charge is 0.173 e. The second-order valence-corrected chi connectivity index (χ2v) is 3.90. The first kappa shape index (κ1) is 12.0. The van der Waals surface area contributed by atoms with E-state index in [-0.39, 0.29) is 5.84 Å². The van der Waals surface area contributed by atoms with Crippen LogP contribution in [0.1, 0.15) is 11.1 Å². The van der Waals surface area contributed by atoms with Crippen LogP contribution in [-0.2, 0) is 0 Å². The summed E-state index contributed by atoms with van der Waals surface area (Å²) in [5.41, 5.74) is 7.22. The van der Waals surface area contributed by atoms with E-state index in [1.165, 1.54) is 0 Å². The van der Waals surface area contributed by atoms with E-state index >= 15 is 0 Å². The SMILES string of the molecule is Cc1ccc(/C(N)=N/O)c(Oc2ccccc2)c1. The quantitative estimate of drug-likeness (QED) is 0.376. The third-order valence-corrected chi connectivity index (χ3v) is 2.49. The molecule has 2 aromatic carbocycles. The molecule has 0 amide bonds. The fraction of sp³-hybridized carbons (Fsp3) is 0.0714. The molecule has 0 heterocycles. The van der Waals surface area contributed by atoms with Crippen LogP contribution in [0.2, 0.25) is 0 Å². The number of ether oxygens (including phenoxy) is 1. The molecule has 0 spiro atoms. The monoisotopic (exact) mass is 242 g/mol. The summed E-state index contributed by atoms with van der Waals surface area (Å²) >= 11 is 0. The Hall–Kier alpha value is -2.49. The maximum atomic E-state index is 8.76. The maximum Gasteiger partial charge on any atom is 0.173 e. The average molecular weight is 242 g/mol. The van der Waals surface area contributed by atoms with Crippen molar-refractivity contribution in [1.29, 1.82) is 0 Å². The lowest BCUT2D eigenvalue weighted by atomic mass is 10.1. The lowest BCUT2D eigenvalue weighted by Crippen LogP contribution is -2.14. The number of rotatable bonds is 3. The third kappa shape index (κ3) is 2.60. The number of nitrogens with zero attached hydrogens (tertiary/aromatic N) is 1. The maximum absolute atomic E-state index is 8.76. The summed E-state index contributed by atoms with van der Waals surface area (Å²) in [5.74, 6) is 1.30. The molecular weight excluding hydrogens is 228 g/mol. The van der Waals surface area contributed by atoms with Gasteiger partial charge < -0.3 is 15.7 Å². The highest BCUT2D eigenvalue weighted by Crippen LogP contribution is 2.26. The topological polar surface area (TPSA) is 67.8 Å². The van der Waals surface area contributed by atoms with Crippen LogP contribution < -0.4 is 10.5 Å². The molecule has 0 aliphatic rings. The van der Waals surface area contributed by atoms with Gasteiger partial charge in [-0.05, 0) is 36.8 Å². The molecule has 0 radical (unpaired) electrons. The van der Waals surface area contributed by atoms with Crippen molar-refractivity contribution >= 4 is 5.84 Å². The summed E-state index contributed by atoms with van der Waals surface area (Å²) in [6.07, 6.45) is 0. The van der Waals surface area contributed by atoms with Crippen LogP contribution in [0.25, 0.3) is 0 Å². The molecule has 0 aliphatic heterocycles. The van der Waals surface area contributed by atoms with Gasteiger partial charge in [-0.25, -0.2) is 0 Å². The van der Waals surface area contributed by atoms with Gasteiger partial charge >= 0.3 is 0 Å². The number of amidine groups is 1. The molecule has 0 saturated heterocycles. The summed E-state index contributed by atoms with van der Waals surface area (Å²) in [6.45, 7) is 1.95. The van der Waals surface area contributed by atoms with Gasteiger partial charge in [-0.1, -0.05) is 29.4 Å². The predicted molar refractivity (Wildman–Crippen MR) is 70.2 cm³/mol. The summed E-state index contributed by atoms with van der Waals surface area (Å²) in [4.78, 5) is 0. The van der Waals surface area contributed by atoms with Crippen LogP contribution in [0.4, 0.5) is 0 Å². The second-order valence-electron chi connectivity index (χ2n) is 3.90. The Balaban J connectivity index is 2.40. The van der Waals surface area contributed by atoms with Gasteiger partial charge in [0.2, 0.25) is 0 Å². The van der Waals surface area contributed by atoms with Gasteiger partial charge in [-0.3, -0.25) is 0 Å². The summed E-state index contributed by atoms with van der Waals surface area (Å²) in [6, 6.07) is 14.9. The first-order chi connectivity index (χ1) is 8.70. The van der Waals surface area contributed by atoms with Crippen molar-refractivity contribution in [2.24, 2.45) is 10.9 Å². The number of para-hydroxylation sites is 1. The summed E-state index contributed by atoms with van der Waals surface area (Å²) < 4.78 is 5.74. The zero-order chi connectivity index (χ0) is 13.0. The van der Waals surface area contributed by atoms with E-state index in [2.05, 4.69) is 5.16 Å². The van der Waals surface area contributed by atoms with E-state index in [1.54, 1.807) is 6.07 Å². The Morgan fingerprint density at radius 2 is 1.89 bits per heavy atom. The standard InChI is InChI=1S/C14H14N2O2/c1-10-7-8-12(14(15)16-17)13(9-10)18-11-5-3-2-4-6-11/h2-9,17H,1H3,(H2,15,16). The first-order valence-electron chi connectivity index (χ1n) is 5.52. The van der Waals surface area contributed by atoms with Gasteiger partial charge in [0, 0.05) is 0 Å². The summed E-state index contributed by atoms with van der Waals surface area (Å²) in [7, 11) is 0. The molecule has 4 heteroatoms. The van der Waals surface area contributed by atoms with E-state index in [0.717, 1.165) is 5.56 Å². The minimum atomic E-state index is 0.0286. The average Bonchev–Trinajstić information content (AvgIpc) is 2.39. The largest absolute Gasteiger partial charge is 0.457 e. The van der Waals surface area contributed by atoms with Gasteiger partial charge in [0.25, 0.3) is 0 Å². The molecule has 0 atom stereocenters. The molecule has 0 aliphatic carbocycles. The molecule has 18 heavy (non-hydrogen) atoms. The molecule has 0 unspecified atom stereocenters. The van der Waals surface area contributed by atoms with Crippen molar-refractivity contribution in [3.05, 3.63) is 59.7 Å². The molecule has 92 valence electrons. The molecule has 0 aromatic heterocycles. The summed E-state index contributed by atoms with van der Waals surface area (Å²) in [5, 5.41) is 11.8. The zero-order valence-electron chi connectivity index (χ0n) is 10.00. The molecule has 0 fully saturated rings. The number of benzene rings is 2. The normalized spacial score (nSPS) is 11.3. The number of aryl methyl sites for hydroxylation is 1. The van der Waals surface area contributed by atoms with Crippen molar-refractivity contribution in [3.63, 3.8) is 0 Å². The minimum Gasteiger partial charge on any atom is -0.457 e. The van der Waals surface area contributed by atoms with Crippen LogP contribution in [-0.4, -0.2) is 11.0 Å². The number of hydrogen-bond acceptors (Lipinski definition) is 3. The number of hydrogen-bond donors (Lipinski definition) is 2. The lowest BCUT2D eigenvalue weighted by molar-refractivity contribution is 0.318. The number of oxime groups is 1. The van der Waals surface area contributed by atoms with Gasteiger partial charge in [0.1, 0.15) is 11.5 Å². The minimum absolute atomic E-state index is 0.0286. The fourth-order valence-electron chi connectivity index (χ4n) is 1.59. The van der Waals surface area contributed by atoms with Gasteiger partial charge in [0.15, 0.2) is 5.84 Å². The Bertz CT molecular complexity index is 565. The Kier molecular flexibility index (Phi) is 3.48. The Morgan fingerprint density at radius 3 is 2.56 bits per heavy atom. The van der Waals surface area contributed by atoms with Crippen LogP contribution in [0.3, 0.4) is 0 Å². The van der Waals surface area contributed by atoms with E-state index in [4.69, 9.17) is 15.7 Å². The highest BCUT2D eigenvalue weighted by atomic mass is 16.5. The van der Waals surface area contributed by atoms with Gasteiger partial charge in [-0.2, -0.15) is 0 Å². The van der Waals surface area contributed by atoms with Gasteiger partial charge in [-0.15, -0.1) is 0 Å². The van der Waals surface area contributed by atoms with Crippen molar-refractivity contribution < 1.29 is 9.94 Å². The third-order valence-electron chi connectivity index (χ3n) is 2.49. The number of nitrogens with two attached hydrogens (primary N) is 1. The van der Waals surface area contributed by atoms with E-state index in [1.807, 2.05) is 49.4 Å². The van der Waals surface area contributed by atoms with E-state index in [0.29, 0.717) is 17.1 Å². The molecular formula is C14H14N2O2. The van der Waals surface area contributed by atoms with Crippen molar-refractivity contribution in [1.82, 2.24) is 0 Å². The van der Waals surface area contributed by atoms with Crippen LogP contribution >= 0.6 is 0 Å². The molecule has 0 bridgehead atoms. The molecule has 4 nitrogen and oxygen atoms in total. The van der Waals surface area contributed by atoms with Crippen LogP contribution in [0.15, 0.2) is 53.7 Å². The Morgan fingerprint density at radius 1 is 1.17 bits per heavy atom. The van der Waals surface area contributed by atoms with Crippen molar-refractivity contribution in [3.8, 4) is 11.5 Å². The van der Waals surface area contributed by atoms with Crippen LogP contribution in [0.5, 0.6) is 11.5 Å². The molecule has 0 saturated carbocycles. The van der Waals surface area contributed by atoms with Crippen molar-refractivity contribution in [2.75, 3.05) is 0 Å². The highest BCUT2D eigenvalue weighted by molar-refractivity contribution is 5.99. The zero-order valence-corrected chi connectivity index (χ0v) is 10.00. The Labute approximate surface area is 105 Å². The second kappa shape index (κ2) is 5.23. The fourth-order valence-corrected chi connectivity index (χ4v) is 1.59.